The van der Waals surface area contributed by atoms with Gasteiger partial charge in [0, 0.05) is 11.8 Å². The van der Waals surface area contributed by atoms with Crippen molar-refractivity contribution in [3.05, 3.63) is 47.3 Å². The molecule has 0 bridgehead atoms. The number of alkyl halides is 3. The maximum Gasteiger partial charge on any atom is 0.408 e. The SMILES string of the molecule is COc1cccc(C(=O)N[C@H]2CCCc3cn(CC(F)(F)F)nc32)c1. The standard InChI is InChI=1S/C17H18F3N3O2/c1-25-13-6-2-4-11(8-13)16(24)21-14-7-3-5-12-9-23(22-15(12)14)10-17(18,19)20/h2,4,6,8-9,14H,3,5,7,10H2,1H3,(H,21,24)/t14-/m0/s1. The molecule has 2 aromatic rings. The van der Waals surface area contributed by atoms with E-state index in [1.165, 1.54) is 13.3 Å². The molecule has 1 aromatic heterocycles. The molecule has 1 amide bonds. The van der Waals surface area contributed by atoms with Gasteiger partial charge in [0.15, 0.2) is 0 Å². The summed E-state index contributed by atoms with van der Waals surface area (Å²) in [6.07, 6.45) is -0.807. The van der Waals surface area contributed by atoms with Gasteiger partial charge in [0.2, 0.25) is 0 Å². The molecule has 0 saturated carbocycles. The molecule has 134 valence electrons. The molecule has 0 fully saturated rings. The number of hydrogen-bond donors (Lipinski definition) is 1. The van der Waals surface area contributed by atoms with E-state index >= 15 is 0 Å². The van der Waals surface area contributed by atoms with E-state index < -0.39 is 18.8 Å². The topological polar surface area (TPSA) is 56.1 Å². The summed E-state index contributed by atoms with van der Waals surface area (Å²) in [4.78, 5) is 12.4. The van der Waals surface area contributed by atoms with E-state index in [0.717, 1.165) is 16.7 Å². The molecule has 25 heavy (non-hydrogen) atoms. The van der Waals surface area contributed by atoms with Crippen LogP contribution in [0.5, 0.6) is 5.75 Å². The third kappa shape index (κ3) is 4.12. The molecule has 1 heterocycles. The highest BCUT2D eigenvalue weighted by atomic mass is 19.4. The van der Waals surface area contributed by atoms with Gasteiger partial charge in [-0.15, -0.1) is 0 Å². The zero-order chi connectivity index (χ0) is 18.0. The number of carbonyl (C=O) groups is 1. The Kier molecular flexibility index (Phi) is 4.69. The summed E-state index contributed by atoms with van der Waals surface area (Å²) in [5, 5.41) is 6.92. The van der Waals surface area contributed by atoms with Gasteiger partial charge in [0.25, 0.3) is 5.91 Å². The molecule has 0 aliphatic heterocycles. The van der Waals surface area contributed by atoms with Crippen molar-refractivity contribution in [3.8, 4) is 5.75 Å². The summed E-state index contributed by atoms with van der Waals surface area (Å²) in [5.74, 6) is 0.258. The van der Waals surface area contributed by atoms with Crippen LogP contribution >= 0.6 is 0 Å². The van der Waals surface area contributed by atoms with Gasteiger partial charge in [-0.05, 0) is 43.0 Å². The van der Waals surface area contributed by atoms with Gasteiger partial charge in [-0.25, -0.2) is 0 Å². The minimum Gasteiger partial charge on any atom is -0.497 e. The zero-order valence-corrected chi connectivity index (χ0v) is 13.6. The number of fused-ring (bicyclic) bond motifs is 1. The molecule has 5 nitrogen and oxygen atoms in total. The van der Waals surface area contributed by atoms with Crippen LogP contribution in [0.15, 0.2) is 30.5 Å². The Morgan fingerprint density at radius 3 is 2.96 bits per heavy atom. The highest BCUT2D eigenvalue weighted by molar-refractivity contribution is 5.94. The lowest BCUT2D eigenvalue weighted by Gasteiger charge is -2.22. The van der Waals surface area contributed by atoms with E-state index in [9.17, 15) is 18.0 Å². The van der Waals surface area contributed by atoms with Crippen LogP contribution < -0.4 is 10.1 Å². The number of carbonyl (C=O) groups excluding carboxylic acids is 1. The highest BCUT2D eigenvalue weighted by Crippen LogP contribution is 2.30. The van der Waals surface area contributed by atoms with Gasteiger partial charge in [0.05, 0.1) is 18.8 Å². The molecule has 0 spiro atoms. The first-order chi connectivity index (χ1) is 11.9. The molecule has 0 saturated heterocycles. The molecule has 8 heteroatoms. The lowest BCUT2D eigenvalue weighted by atomic mass is 9.93. The Morgan fingerprint density at radius 1 is 1.44 bits per heavy atom. The van der Waals surface area contributed by atoms with Crippen molar-refractivity contribution in [3.63, 3.8) is 0 Å². The van der Waals surface area contributed by atoms with Crippen molar-refractivity contribution < 1.29 is 22.7 Å². The quantitative estimate of drug-likeness (QED) is 0.918. The molecule has 1 atom stereocenters. The molecule has 1 aliphatic rings. The number of halogens is 3. The normalized spacial score (nSPS) is 17.0. The Bertz CT molecular complexity index is 771. The minimum absolute atomic E-state index is 0.304. The van der Waals surface area contributed by atoms with Crippen LogP contribution in [0, 0.1) is 0 Å². The van der Waals surface area contributed by atoms with Crippen LogP contribution in [0.3, 0.4) is 0 Å². The number of benzene rings is 1. The van der Waals surface area contributed by atoms with Crippen molar-refractivity contribution in [2.75, 3.05) is 7.11 Å². The fraction of sp³-hybridized carbons (Fsp3) is 0.412. The number of methoxy groups -OCH3 is 1. The van der Waals surface area contributed by atoms with Crippen molar-refractivity contribution >= 4 is 5.91 Å². The second-order valence-corrected chi connectivity index (χ2v) is 6.00. The number of rotatable bonds is 4. The minimum atomic E-state index is -4.33. The molecule has 0 radical (unpaired) electrons. The van der Waals surface area contributed by atoms with E-state index in [0.29, 0.717) is 29.8 Å². The second-order valence-electron chi connectivity index (χ2n) is 6.00. The van der Waals surface area contributed by atoms with Crippen molar-refractivity contribution in [1.82, 2.24) is 15.1 Å². The molecular formula is C17H18F3N3O2. The molecule has 3 rings (SSSR count). The smallest absolute Gasteiger partial charge is 0.408 e. The average molecular weight is 353 g/mol. The van der Waals surface area contributed by atoms with Gasteiger partial charge in [-0.1, -0.05) is 6.07 Å². The van der Waals surface area contributed by atoms with Crippen LogP contribution in [-0.2, 0) is 13.0 Å². The Labute approximate surface area is 142 Å². The van der Waals surface area contributed by atoms with Gasteiger partial charge >= 0.3 is 6.18 Å². The lowest BCUT2D eigenvalue weighted by molar-refractivity contribution is -0.142. The van der Waals surface area contributed by atoms with Crippen molar-refractivity contribution in [2.24, 2.45) is 0 Å². The Hall–Kier alpha value is -2.51. The van der Waals surface area contributed by atoms with Crippen LogP contribution in [0.1, 0.15) is 40.5 Å². The van der Waals surface area contributed by atoms with E-state index in [1.807, 2.05) is 0 Å². The first-order valence-corrected chi connectivity index (χ1v) is 7.93. The average Bonchev–Trinajstić information content (AvgIpc) is 2.96. The Balaban J connectivity index is 1.77. The predicted octanol–water partition coefficient (Wildman–Crippen LogP) is 3.26. The first-order valence-electron chi connectivity index (χ1n) is 7.93. The summed E-state index contributed by atoms with van der Waals surface area (Å²) in [7, 11) is 1.51. The van der Waals surface area contributed by atoms with Crippen molar-refractivity contribution in [2.45, 2.75) is 38.0 Å². The summed E-state index contributed by atoms with van der Waals surface area (Å²) in [6, 6.07) is 6.31. The van der Waals surface area contributed by atoms with Crippen LogP contribution in [-0.4, -0.2) is 29.0 Å². The van der Waals surface area contributed by atoms with Gasteiger partial charge in [-0.3, -0.25) is 9.48 Å². The molecule has 1 N–H and O–H groups in total. The van der Waals surface area contributed by atoms with Gasteiger partial charge < -0.3 is 10.1 Å². The summed E-state index contributed by atoms with van der Waals surface area (Å²) in [5.41, 5.74) is 1.71. The van der Waals surface area contributed by atoms with E-state index in [1.54, 1.807) is 24.3 Å². The largest absolute Gasteiger partial charge is 0.497 e. The molecular weight excluding hydrogens is 335 g/mol. The van der Waals surface area contributed by atoms with Crippen LogP contribution in [0.2, 0.25) is 0 Å². The predicted molar refractivity (Wildman–Crippen MR) is 84.4 cm³/mol. The lowest BCUT2D eigenvalue weighted by Crippen LogP contribution is -2.31. The summed E-state index contributed by atoms with van der Waals surface area (Å²) in [6.45, 7) is -1.13. The number of amides is 1. The Morgan fingerprint density at radius 2 is 2.24 bits per heavy atom. The van der Waals surface area contributed by atoms with Crippen LogP contribution in [0.25, 0.3) is 0 Å². The number of nitrogens with one attached hydrogen (secondary N) is 1. The number of nitrogens with zero attached hydrogens (tertiary/aromatic N) is 2. The van der Waals surface area contributed by atoms with Crippen LogP contribution in [0.4, 0.5) is 13.2 Å². The summed E-state index contributed by atoms with van der Waals surface area (Å²) < 4.78 is 43.7. The third-order valence-electron chi connectivity index (χ3n) is 4.12. The second kappa shape index (κ2) is 6.78. The fourth-order valence-corrected chi connectivity index (χ4v) is 3.01. The number of ether oxygens (including phenoxy) is 1. The fourth-order valence-electron chi connectivity index (χ4n) is 3.01. The highest BCUT2D eigenvalue weighted by Gasteiger charge is 2.31. The van der Waals surface area contributed by atoms with E-state index in [2.05, 4.69) is 10.4 Å². The summed E-state index contributed by atoms with van der Waals surface area (Å²) >= 11 is 0. The van der Waals surface area contributed by atoms with E-state index in [4.69, 9.17) is 4.74 Å². The number of aryl methyl sites for hydroxylation is 1. The monoisotopic (exact) mass is 353 g/mol. The van der Waals surface area contributed by atoms with E-state index in [-0.39, 0.29) is 5.91 Å². The van der Waals surface area contributed by atoms with Gasteiger partial charge in [-0.2, -0.15) is 18.3 Å². The van der Waals surface area contributed by atoms with Gasteiger partial charge in [0.1, 0.15) is 12.3 Å². The third-order valence-corrected chi connectivity index (χ3v) is 4.12. The first kappa shape index (κ1) is 17.3. The maximum absolute atomic E-state index is 12.6. The van der Waals surface area contributed by atoms with Crippen molar-refractivity contribution in [1.29, 1.82) is 0 Å². The number of hydrogen-bond acceptors (Lipinski definition) is 3. The number of aromatic nitrogens is 2. The molecule has 0 unspecified atom stereocenters. The zero-order valence-electron chi connectivity index (χ0n) is 13.6. The molecule has 1 aromatic carbocycles. The maximum atomic E-state index is 12.6. The molecule has 1 aliphatic carbocycles.